The van der Waals surface area contributed by atoms with Crippen molar-refractivity contribution in [3.05, 3.63) is 118 Å². The fourth-order valence-electron chi connectivity index (χ4n) is 5.54. The molecule has 1 amide bonds. The number of ether oxygens (including phenoxy) is 4. The molecule has 1 aromatic heterocycles. The monoisotopic (exact) mass is 672 g/mol. The van der Waals surface area contributed by atoms with E-state index in [1.165, 1.54) is 23.8 Å². The summed E-state index contributed by atoms with van der Waals surface area (Å²) < 4.78 is 37.5. The Balaban J connectivity index is 1.51. The number of carbonyl (C=O) groups is 1. The molecule has 0 spiro atoms. The number of nitrogens with zero attached hydrogens (tertiary/aromatic N) is 3. The Hall–Kier alpha value is -4.63. The highest BCUT2D eigenvalue weighted by Crippen LogP contribution is 2.43. The van der Waals surface area contributed by atoms with Gasteiger partial charge >= 0.3 is 5.69 Å². The number of hydrogen-bond acceptors (Lipinski definition) is 10. The molecule has 4 unspecified atom stereocenters. The zero-order valence-corrected chi connectivity index (χ0v) is 27.8. The SMILES string of the molecule is COc1ccc(C(OCC2OC(n3ccc(NC(C)=O)nc3=O)CC2OPOCCC#N)(c2ccccc2)c2ccc(OC)cc2)cc1. The van der Waals surface area contributed by atoms with Gasteiger partial charge in [0.15, 0.2) is 9.03 Å². The molecule has 48 heavy (non-hydrogen) atoms. The van der Waals surface area contributed by atoms with Gasteiger partial charge in [-0.3, -0.25) is 9.36 Å². The van der Waals surface area contributed by atoms with Crippen LogP contribution in [0.3, 0.4) is 0 Å². The molecule has 0 bridgehead atoms. The molecule has 1 N–H and O–H groups in total. The summed E-state index contributed by atoms with van der Waals surface area (Å²) in [6.45, 7) is 1.63. The predicted molar refractivity (Wildman–Crippen MR) is 179 cm³/mol. The van der Waals surface area contributed by atoms with Gasteiger partial charge in [-0.15, -0.1) is 0 Å². The van der Waals surface area contributed by atoms with Crippen molar-refractivity contribution < 1.29 is 32.8 Å². The number of anilines is 1. The number of amides is 1. The largest absolute Gasteiger partial charge is 0.497 e. The van der Waals surface area contributed by atoms with Crippen LogP contribution in [-0.4, -0.2) is 55.1 Å². The van der Waals surface area contributed by atoms with Crippen molar-refractivity contribution in [2.45, 2.75) is 43.8 Å². The summed E-state index contributed by atoms with van der Waals surface area (Å²) >= 11 is 0. The molecule has 13 heteroatoms. The maximum Gasteiger partial charge on any atom is 0.351 e. The van der Waals surface area contributed by atoms with Crippen LogP contribution in [0.5, 0.6) is 11.5 Å². The third-order valence-electron chi connectivity index (χ3n) is 7.84. The minimum Gasteiger partial charge on any atom is -0.497 e. The Labute approximate surface area is 280 Å². The molecule has 1 aliphatic rings. The maximum atomic E-state index is 13.0. The van der Waals surface area contributed by atoms with Crippen LogP contribution < -0.4 is 20.5 Å². The molecule has 2 heterocycles. The normalized spacial score (nSPS) is 17.7. The second-order valence-corrected chi connectivity index (χ2v) is 11.6. The smallest absolute Gasteiger partial charge is 0.351 e. The first-order chi connectivity index (χ1) is 23.4. The molecule has 1 aliphatic heterocycles. The van der Waals surface area contributed by atoms with Crippen molar-refractivity contribution in [2.24, 2.45) is 0 Å². The van der Waals surface area contributed by atoms with E-state index in [0.717, 1.165) is 16.7 Å². The lowest BCUT2D eigenvalue weighted by molar-refractivity contribution is -0.114. The van der Waals surface area contributed by atoms with Gasteiger partial charge in [0.2, 0.25) is 5.91 Å². The Bertz CT molecular complexity index is 1700. The fraction of sp³-hybridized carbons (Fsp3) is 0.314. The third-order valence-corrected chi connectivity index (χ3v) is 8.56. The fourth-order valence-corrected chi connectivity index (χ4v) is 6.17. The highest BCUT2D eigenvalue weighted by molar-refractivity contribution is 7.26. The van der Waals surface area contributed by atoms with E-state index in [9.17, 15) is 9.59 Å². The minimum atomic E-state index is -1.10. The lowest BCUT2D eigenvalue weighted by Gasteiger charge is -2.37. The molecule has 1 fully saturated rings. The molecule has 1 saturated heterocycles. The van der Waals surface area contributed by atoms with Crippen LogP contribution in [0.2, 0.25) is 0 Å². The first kappa shape index (κ1) is 34.7. The molecule has 12 nitrogen and oxygen atoms in total. The quantitative estimate of drug-likeness (QED) is 0.0999. The number of hydrogen-bond donors (Lipinski definition) is 1. The average molecular weight is 673 g/mol. The van der Waals surface area contributed by atoms with Gasteiger partial charge in [-0.05, 0) is 47.0 Å². The Morgan fingerprint density at radius 1 is 1.00 bits per heavy atom. The van der Waals surface area contributed by atoms with E-state index in [2.05, 4.69) is 10.3 Å². The lowest BCUT2D eigenvalue weighted by atomic mass is 9.80. The van der Waals surface area contributed by atoms with E-state index in [1.54, 1.807) is 14.2 Å². The van der Waals surface area contributed by atoms with Gasteiger partial charge in [0, 0.05) is 19.5 Å². The van der Waals surface area contributed by atoms with E-state index < -0.39 is 29.7 Å². The zero-order chi connectivity index (χ0) is 33.9. The van der Waals surface area contributed by atoms with Crippen LogP contribution in [-0.2, 0) is 28.9 Å². The van der Waals surface area contributed by atoms with Gasteiger partial charge in [-0.2, -0.15) is 10.2 Å². The summed E-state index contributed by atoms with van der Waals surface area (Å²) in [6.07, 6.45) is 0.165. The van der Waals surface area contributed by atoms with Gasteiger partial charge in [-0.1, -0.05) is 54.6 Å². The number of benzene rings is 3. The molecule has 4 aromatic rings. The number of aromatic nitrogens is 2. The molecule has 250 valence electrons. The van der Waals surface area contributed by atoms with Crippen LogP contribution in [0.25, 0.3) is 0 Å². The molecule has 0 saturated carbocycles. The first-order valence-electron chi connectivity index (χ1n) is 15.3. The van der Waals surface area contributed by atoms with Crippen LogP contribution in [0, 0.1) is 11.3 Å². The first-order valence-corrected chi connectivity index (χ1v) is 16.1. The van der Waals surface area contributed by atoms with Gasteiger partial charge in [0.25, 0.3) is 0 Å². The molecule has 5 rings (SSSR count). The van der Waals surface area contributed by atoms with E-state index in [4.69, 9.17) is 33.3 Å². The van der Waals surface area contributed by atoms with Crippen molar-refractivity contribution >= 4 is 20.8 Å². The second-order valence-electron chi connectivity index (χ2n) is 10.9. The standard InChI is InChI=1S/C35H37N4O8P/c1-24(40)37-32-18-20-39(34(41)38-32)33-22-30(47-48-45-21-7-19-36)31(46-33)23-44-35(25-8-5-4-6-9-25,26-10-14-28(42-2)15-11-26)27-12-16-29(43-3)17-13-27/h4-6,8-18,20,30-31,33,48H,7,21-23H2,1-3H3,(H,37,38,40,41). The Kier molecular flexibility index (Phi) is 11.9. The highest BCUT2D eigenvalue weighted by Gasteiger charge is 2.43. The third kappa shape index (κ3) is 8.08. The summed E-state index contributed by atoms with van der Waals surface area (Å²) in [6, 6.07) is 28.9. The van der Waals surface area contributed by atoms with E-state index >= 15 is 0 Å². The summed E-state index contributed by atoms with van der Waals surface area (Å²) in [5.41, 5.74) is 0.887. The van der Waals surface area contributed by atoms with Gasteiger partial charge in [0.05, 0.1) is 46.0 Å². The van der Waals surface area contributed by atoms with Crippen molar-refractivity contribution in [1.29, 1.82) is 5.26 Å². The van der Waals surface area contributed by atoms with E-state index in [0.29, 0.717) is 17.9 Å². The lowest BCUT2D eigenvalue weighted by Crippen LogP contribution is -2.38. The van der Waals surface area contributed by atoms with Crippen LogP contribution in [0.15, 0.2) is 95.9 Å². The van der Waals surface area contributed by atoms with Crippen LogP contribution in [0.4, 0.5) is 5.82 Å². The number of nitriles is 1. The number of methoxy groups -OCH3 is 2. The van der Waals surface area contributed by atoms with Crippen molar-refractivity contribution in [3.8, 4) is 17.6 Å². The van der Waals surface area contributed by atoms with Crippen LogP contribution in [0.1, 0.15) is 42.7 Å². The summed E-state index contributed by atoms with van der Waals surface area (Å²) in [5.74, 6) is 1.21. The van der Waals surface area contributed by atoms with E-state index in [-0.39, 0.29) is 40.4 Å². The van der Waals surface area contributed by atoms with E-state index in [1.807, 2.05) is 84.9 Å². The predicted octanol–water partition coefficient (Wildman–Crippen LogP) is 5.34. The van der Waals surface area contributed by atoms with Crippen molar-refractivity contribution in [2.75, 3.05) is 32.8 Å². The zero-order valence-electron chi connectivity index (χ0n) is 26.8. The maximum absolute atomic E-state index is 13.0. The number of carbonyl (C=O) groups excluding carboxylic acids is 1. The highest BCUT2D eigenvalue weighted by atomic mass is 31.1. The van der Waals surface area contributed by atoms with Gasteiger partial charge in [0.1, 0.15) is 35.2 Å². The molecular weight excluding hydrogens is 635 g/mol. The molecular formula is C35H37N4O8P. The topological polar surface area (TPSA) is 143 Å². The molecule has 0 radical (unpaired) electrons. The number of nitrogens with one attached hydrogen (secondary N) is 1. The van der Waals surface area contributed by atoms with Crippen LogP contribution >= 0.6 is 9.03 Å². The van der Waals surface area contributed by atoms with Gasteiger partial charge in [-0.25, -0.2) is 4.79 Å². The summed E-state index contributed by atoms with van der Waals surface area (Å²) in [5, 5.41) is 11.4. The Morgan fingerprint density at radius 3 is 2.19 bits per heavy atom. The second kappa shape index (κ2) is 16.5. The van der Waals surface area contributed by atoms with Crippen molar-refractivity contribution in [1.82, 2.24) is 9.55 Å². The minimum absolute atomic E-state index is 0.0585. The molecule has 4 atom stereocenters. The number of rotatable bonds is 15. The average Bonchev–Trinajstić information content (AvgIpc) is 3.51. The molecule has 0 aliphatic carbocycles. The Morgan fingerprint density at radius 2 is 1.62 bits per heavy atom. The summed E-state index contributed by atoms with van der Waals surface area (Å²) in [4.78, 5) is 28.5. The van der Waals surface area contributed by atoms with Crippen molar-refractivity contribution in [3.63, 3.8) is 0 Å². The summed E-state index contributed by atoms with van der Waals surface area (Å²) in [7, 11) is 2.88. The van der Waals surface area contributed by atoms with Gasteiger partial charge < -0.3 is 33.3 Å². The molecule has 3 aromatic carbocycles.